The van der Waals surface area contributed by atoms with Crippen molar-refractivity contribution in [2.75, 3.05) is 6.54 Å². The summed E-state index contributed by atoms with van der Waals surface area (Å²) in [6.07, 6.45) is 0.903. The van der Waals surface area contributed by atoms with Gasteiger partial charge in [-0.05, 0) is 18.9 Å². The first-order valence-electron chi connectivity index (χ1n) is 5.48. The average molecular weight is 207 g/mol. The Morgan fingerprint density at radius 1 is 1.20 bits per heavy atom. The molecule has 2 nitrogen and oxygen atoms in total. The number of hydrogen-bond acceptors (Lipinski definition) is 1. The first kappa shape index (κ1) is 13.7. The summed E-state index contributed by atoms with van der Waals surface area (Å²) in [5.41, 5.74) is 2.53. The number of rotatable bonds is 3. The maximum absolute atomic E-state index is 10.6. The highest BCUT2D eigenvalue weighted by Gasteiger charge is 1.93. The summed E-state index contributed by atoms with van der Waals surface area (Å²) in [6, 6.07) is 8.36. The molecule has 0 heterocycles. The Morgan fingerprint density at radius 3 is 2.20 bits per heavy atom. The quantitative estimate of drug-likeness (QED) is 0.811. The molecular weight excluding hydrogens is 186 g/mol. The lowest BCUT2D eigenvalue weighted by Crippen LogP contribution is -2.22. The lowest BCUT2D eigenvalue weighted by atomic mass is 10.1. The second-order valence-corrected chi connectivity index (χ2v) is 3.22. The van der Waals surface area contributed by atoms with Crippen molar-refractivity contribution < 1.29 is 4.79 Å². The summed E-state index contributed by atoms with van der Waals surface area (Å²) in [4.78, 5) is 10.6. The predicted molar refractivity (Wildman–Crippen MR) is 64.9 cm³/mol. The van der Waals surface area contributed by atoms with E-state index in [-0.39, 0.29) is 5.91 Å². The Labute approximate surface area is 92.7 Å². The minimum atomic E-state index is 0.0344. The molecule has 0 aliphatic rings. The van der Waals surface area contributed by atoms with E-state index in [1.54, 1.807) is 0 Å². The van der Waals surface area contributed by atoms with Gasteiger partial charge in [0.15, 0.2) is 0 Å². The molecule has 0 aliphatic heterocycles. The van der Waals surface area contributed by atoms with Gasteiger partial charge in [0.25, 0.3) is 0 Å². The van der Waals surface area contributed by atoms with Crippen LogP contribution in [0.5, 0.6) is 0 Å². The summed E-state index contributed by atoms with van der Waals surface area (Å²) in [5.74, 6) is 0.0344. The van der Waals surface area contributed by atoms with Gasteiger partial charge in [0.1, 0.15) is 0 Å². The van der Waals surface area contributed by atoms with Gasteiger partial charge in [0.05, 0.1) is 0 Å². The monoisotopic (exact) mass is 207 g/mol. The maximum atomic E-state index is 10.6. The van der Waals surface area contributed by atoms with E-state index in [0.717, 1.165) is 13.0 Å². The van der Waals surface area contributed by atoms with E-state index in [2.05, 4.69) is 36.5 Å². The number of nitrogens with one attached hydrogen (secondary N) is 1. The van der Waals surface area contributed by atoms with E-state index in [4.69, 9.17) is 0 Å². The molecule has 0 fully saturated rings. The molecule has 0 atom stereocenters. The molecule has 0 aliphatic carbocycles. The van der Waals surface area contributed by atoms with Crippen molar-refractivity contribution in [1.82, 2.24) is 5.32 Å². The molecule has 1 aromatic rings. The van der Waals surface area contributed by atoms with Crippen molar-refractivity contribution in [1.29, 1.82) is 0 Å². The van der Waals surface area contributed by atoms with E-state index in [9.17, 15) is 4.79 Å². The van der Waals surface area contributed by atoms with E-state index < -0.39 is 0 Å². The van der Waals surface area contributed by atoms with Gasteiger partial charge in [-0.1, -0.05) is 43.7 Å². The first-order chi connectivity index (χ1) is 7.18. The van der Waals surface area contributed by atoms with Gasteiger partial charge < -0.3 is 5.32 Å². The Balaban J connectivity index is 0.000000921. The van der Waals surface area contributed by atoms with Crippen LogP contribution in [0.3, 0.4) is 0 Å². The van der Waals surface area contributed by atoms with Crippen LogP contribution < -0.4 is 5.32 Å². The number of aryl methyl sites for hydroxylation is 1. The zero-order valence-electron chi connectivity index (χ0n) is 10.1. The van der Waals surface area contributed by atoms with Crippen LogP contribution in [0.25, 0.3) is 0 Å². The van der Waals surface area contributed by atoms with Gasteiger partial charge in [-0.15, -0.1) is 0 Å². The molecular formula is C13H21NO. The van der Waals surface area contributed by atoms with Crippen LogP contribution in [0.15, 0.2) is 24.3 Å². The molecule has 0 spiro atoms. The van der Waals surface area contributed by atoms with Crippen molar-refractivity contribution in [3.05, 3.63) is 35.4 Å². The smallest absolute Gasteiger partial charge is 0.216 e. The molecule has 15 heavy (non-hydrogen) atoms. The normalized spacial score (nSPS) is 8.80. The number of hydrogen-bond donors (Lipinski definition) is 1. The standard InChI is InChI=1S/C11H15NO.C2H6/c1-9-3-5-11(6-4-9)7-8-12-10(2)13;1-2/h3-6H,7-8H2,1-2H3,(H,12,13);1-2H3. The van der Waals surface area contributed by atoms with Crippen LogP contribution in [-0.4, -0.2) is 12.5 Å². The topological polar surface area (TPSA) is 29.1 Å². The van der Waals surface area contributed by atoms with Crippen molar-refractivity contribution in [3.63, 3.8) is 0 Å². The highest BCUT2D eigenvalue weighted by atomic mass is 16.1. The second kappa shape index (κ2) is 8.04. The fourth-order valence-corrected chi connectivity index (χ4v) is 1.14. The lowest BCUT2D eigenvalue weighted by molar-refractivity contribution is -0.118. The second-order valence-electron chi connectivity index (χ2n) is 3.22. The van der Waals surface area contributed by atoms with Crippen LogP contribution in [0.1, 0.15) is 31.9 Å². The molecule has 0 saturated heterocycles. The average Bonchev–Trinajstić information content (AvgIpc) is 2.23. The number of carbonyl (C=O) groups is 1. The lowest BCUT2D eigenvalue weighted by Gasteiger charge is -2.02. The van der Waals surface area contributed by atoms with Crippen LogP contribution in [0.4, 0.5) is 0 Å². The van der Waals surface area contributed by atoms with Crippen LogP contribution in [0.2, 0.25) is 0 Å². The summed E-state index contributed by atoms with van der Waals surface area (Å²) >= 11 is 0. The fraction of sp³-hybridized carbons (Fsp3) is 0.462. The molecule has 0 saturated carbocycles. The number of carbonyl (C=O) groups excluding carboxylic acids is 1. The molecule has 0 bridgehead atoms. The Morgan fingerprint density at radius 2 is 1.73 bits per heavy atom. The minimum absolute atomic E-state index is 0.0344. The fourth-order valence-electron chi connectivity index (χ4n) is 1.14. The van der Waals surface area contributed by atoms with Crippen LogP contribution in [0, 0.1) is 6.92 Å². The third-order valence-corrected chi connectivity index (χ3v) is 1.91. The molecule has 2 heteroatoms. The van der Waals surface area contributed by atoms with E-state index in [1.165, 1.54) is 18.1 Å². The van der Waals surface area contributed by atoms with E-state index >= 15 is 0 Å². The van der Waals surface area contributed by atoms with E-state index in [1.807, 2.05) is 13.8 Å². The Hall–Kier alpha value is -1.31. The summed E-state index contributed by atoms with van der Waals surface area (Å²) < 4.78 is 0. The highest BCUT2D eigenvalue weighted by molar-refractivity contribution is 5.72. The molecule has 1 aromatic carbocycles. The van der Waals surface area contributed by atoms with Crippen LogP contribution in [-0.2, 0) is 11.2 Å². The molecule has 0 radical (unpaired) electrons. The molecule has 0 unspecified atom stereocenters. The SMILES string of the molecule is CC.CC(=O)NCCc1ccc(C)cc1. The van der Waals surface area contributed by atoms with Gasteiger partial charge in [-0.3, -0.25) is 4.79 Å². The first-order valence-corrected chi connectivity index (χ1v) is 5.48. The predicted octanol–water partition coefficient (Wildman–Crippen LogP) is 2.70. The Bertz CT molecular complexity index is 277. The molecule has 1 N–H and O–H groups in total. The van der Waals surface area contributed by atoms with Crippen molar-refractivity contribution >= 4 is 5.91 Å². The van der Waals surface area contributed by atoms with Gasteiger partial charge in [0, 0.05) is 13.5 Å². The van der Waals surface area contributed by atoms with Crippen LogP contribution >= 0.6 is 0 Å². The summed E-state index contributed by atoms with van der Waals surface area (Å²) in [5, 5.41) is 2.77. The number of amides is 1. The third kappa shape index (κ3) is 6.72. The highest BCUT2D eigenvalue weighted by Crippen LogP contribution is 2.02. The van der Waals surface area contributed by atoms with E-state index in [0.29, 0.717) is 0 Å². The van der Waals surface area contributed by atoms with Crippen molar-refractivity contribution in [2.24, 2.45) is 0 Å². The van der Waals surface area contributed by atoms with Gasteiger partial charge in [0.2, 0.25) is 5.91 Å². The number of benzene rings is 1. The molecule has 1 amide bonds. The minimum Gasteiger partial charge on any atom is -0.356 e. The summed E-state index contributed by atoms with van der Waals surface area (Å²) in [6.45, 7) is 8.32. The zero-order chi connectivity index (χ0) is 11.7. The zero-order valence-corrected chi connectivity index (χ0v) is 10.1. The third-order valence-electron chi connectivity index (χ3n) is 1.91. The van der Waals surface area contributed by atoms with Crippen molar-refractivity contribution in [3.8, 4) is 0 Å². The molecule has 84 valence electrons. The van der Waals surface area contributed by atoms with Gasteiger partial charge in [-0.25, -0.2) is 0 Å². The Kier molecular flexibility index (Phi) is 7.33. The van der Waals surface area contributed by atoms with Gasteiger partial charge in [-0.2, -0.15) is 0 Å². The summed E-state index contributed by atoms with van der Waals surface area (Å²) in [7, 11) is 0. The molecule has 1 rings (SSSR count). The largest absolute Gasteiger partial charge is 0.356 e. The van der Waals surface area contributed by atoms with Gasteiger partial charge >= 0.3 is 0 Å². The van der Waals surface area contributed by atoms with Crippen molar-refractivity contribution in [2.45, 2.75) is 34.1 Å². The molecule has 0 aromatic heterocycles. The maximum Gasteiger partial charge on any atom is 0.216 e.